The molecule has 0 saturated heterocycles. The van der Waals surface area contributed by atoms with Gasteiger partial charge in [-0.3, -0.25) is 0 Å². The maximum atomic E-state index is 5.45. The molecule has 1 aromatic rings. The molecule has 0 aliphatic heterocycles. The Morgan fingerprint density at radius 3 is 2.53 bits per heavy atom. The molecule has 0 aliphatic rings. The molecule has 0 fully saturated rings. The van der Waals surface area contributed by atoms with Crippen LogP contribution in [0.5, 0.6) is 0 Å². The molecule has 15 heavy (non-hydrogen) atoms. The van der Waals surface area contributed by atoms with Crippen LogP contribution < -0.4 is 5.73 Å². The van der Waals surface area contributed by atoms with Crippen molar-refractivity contribution < 1.29 is 0 Å². The van der Waals surface area contributed by atoms with E-state index < -0.39 is 0 Å². The minimum atomic E-state index is 0.619. The van der Waals surface area contributed by atoms with Gasteiger partial charge < -0.3 is 5.73 Å². The van der Waals surface area contributed by atoms with Crippen LogP contribution in [0.1, 0.15) is 25.3 Å². The van der Waals surface area contributed by atoms with Gasteiger partial charge in [0.05, 0.1) is 4.99 Å². The van der Waals surface area contributed by atoms with Crippen LogP contribution in [0.4, 0.5) is 0 Å². The summed E-state index contributed by atoms with van der Waals surface area (Å²) in [6, 6.07) is 8.75. The Morgan fingerprint density at radius 2 is 2.00 bits per heavy atom. The number of hydrogen-bond donors (Lipinski definition) is 1. The molecule has 82 valence electrons. The second-order valence-corrected chi connectivity index (χ2v) is 5.26. The first-order chi connectivity index (χ1) is 7.22. The number of hydrogen-bond acceptors (Lipinski definition) is 2. The van der Waals surface area contributed by atoms with E-state index in [0.29, 0.717) is 4.99 Å². The minimum Gasteiger partial charge on any atom is -0.393 e. The van der Waals surface area contributed by atoms with E-state index in [0.717, 1.165) is 25.0 Å². The van der Waals surface area contributed by atoms with Crippen LogP contribution in [0.15, 0.2) is 29.2 Å². The maximum Gasteiger partial charge on any atom is 0.0727 e. The normalized spacial score (nSPS) is 10.2. The summed E-state index contributed by atoms with van der Waals surface area (Å²) in [7, 11) is 0. The first-order valence-electron chi connectivity index (χ1n) is 5.22. The third-order valence-electron chi connectivity index (χ3n) is 2.12. The average molecular weight is 239 g/mol. The van der Waals surface area contributed by atoms with Gasteiger partial charge in [-0.15, -0.1) is 11.8 Å². The van der Waals surface area contributed by atoms with Crippen molar-refractivity contribution in [3.05, 3.63) is 29.8 Å². The van der Waals surface area contributed by atoms with Crippen molar-refractivity contribution in [1.29, 1.82) is 0 Å². The molecule has 0 saturated carbocycles. The predicted octanol–water partition coefficient (Wildman–Crippen LogP) is 3.41. The van der Waals surface area contributed by atoms with Crippen molar-refractivity contribution in [1.82, 2.24) is 0 Å². The van der Waals surface area contributed by atoms with Gasteiger partial charge in [0.25, 0.3) is 0 Å². The Labute approximate surface area is 101 Å². The third kappa shape index (κ3) is 5.19. The van der Waals surface area contributed by atoms with E-state index in [9.17, 15) is 0 Å². The van der Waals surface area contributed by atoms with Gasteiger partial charge in [-0.05, 0) is 42.7 Å². The number of aryl methyl sites for hydroxylation is 1. The lowest BCUT2D eigenvalue weighted by molar-refractivity contribution is 0.867. The van der Waals surface area contributed by atoms with Gasteiger partial charge in [-0.25, -0.2) is 0 Å². The van der Waals surface area contributed by atoms with Gasteiger partial charge in [0.1, 0.15) is 0 Å². The first-order valence-corrected chi connectivity index (χ1v) is 6.62. The Morgan fingerprint density at radius 1 is 1.33 bits per heavy atom. The Balaban J connectivity index is 2.39. The molecule has 0 spiro atoms. The van der Waals surface area contributed by atoms with Crippen molar-refractivity contribution in [2.75, 3.05) is 5.75 Å². The molecular formula is C12H17NS2. The van der Waals surface area contributed by atoms with E-state index in [4.69, 9.17) is 18.0 Å². The van der Waals surface area contributed by atoms with E-state index in [-0.39, 0.29) is 0 Å². The van der Waals surface area contributed by atoms with Gasteiger partial charge in [0.15, 0.2) is 0 Å². The van der Waals surface area contributed by atoms with Crippen molar-refractivity contribution in [3.8, 4) is 0 Å². The highest BCUT2D eigenvalue weighted by molar-refractivity contribution is 7.99. The van der Waals surface area contributed by atoms with Crippen molar-refractivity contribution >= 4 is 29.0 Å². The van der Waals surface area contributed by atoms with E-state index in [1.807, 2.05) is 11.8 Å². The summed E-state index contributed by atoms with van der Waals surface area (Å²) < 4.78 is 0. The molecule has 3 heteroatoms. The van der Waals surface area contributed by atoms with Gasteiger partial charge in [-0.1, -0.05) is 31.3 Å². The van der Waals surface area contributed by atoms with Crippen LogP contribution in [-0.2, 0) is 6.42 Å². The van der Waals surface area contributed by atoms with E-state index in [1.165, 1.54) is 10.5 Å². The van der Waals surface area contributed by atoms with Crippen molar-refractivity contribution in [2.24, 2.45) is 5.73 Å². The third-order valence-corrected chi connectivity index (χ3v) is 3.22. The topological polar surface area (TPSA) is 26.0 Å². The van der Waals surface area contributed by atoms with Crippen molar-refractivity contribution in [3.63, 3.8) is 0 Å². The van der Waals surface area contributed by atoms with Crippen molar-refractivity contribution in [2.45, 2.75) is 31.1 Å². The Kier molecular flexibility index (Phi) is 5.73. The molecule has 0 aliphatic carbocycles. The molecule has 0 amide bonds. The Hall–Kier alpha value is -0.540. The summed E-state index contributed by atoms with van der Waals surface area (Å²) in [6.45, 7) is 2.17. The van der Waals surface area contributed by atoms with Crippen LogP contribution in [0.2, 0.25) is 0 Å². The molecule has 0 bridgehead atoms. The van der Waals surface area contributed by atoms with E-state index in [1.54, 1.807) is 0 Å². The molecule has 1 rings (SSSR count). The lowest BCUT2D eigenvalue weighted by Gasteiger charge is -2.02. The highest BCUT2D eigenvalue weighted by Gasteiger charge is 1.96. The first kappa shape index (κ1) is 12.5. The highest BCUT2D eigenvalue weighted by Crippen LogP contribution is 2.18. The fourth-order valence-electron chi connectivity index (χ4n) is 1.39. The second-order valence-electron chi connectivity index (χ2n) is 3.40. The molecule has 1 aromatic carbocycles. The second kappa shape index (κ2) is 6.85. The zero-order valence-corrected chi connectivity index (χ0v) is 10.7. The largest absolute Gasteiger partial charge is 0.393 e. The minimum absolute atomic E-state index is 0.619. The molecule has 0 heterocycles. The number of benzene rings is 1. The lowest BCUT2D eigenvalue weighted by atomic mass is 10.1. The molecule has 2 N–H and O–H groups in total. The number of nitrogens with two attached hydrogens (primary N) is 1. The molecule has 0 aromatic heterocycles. The smallest absolute Gasteiger partial charge is 0.0727 e. The number of thiocarbonyl (C=S) groups is 1. The van der Waals surface area contributed by atoms with Gasteiger partial charge >= 0.3 is 0 Å². The molecule has 0 atom stereocenters. The average Bonchev–Trinajstić information content (AvgIpc) is 2.20. The van der Waals surface area contributed by atoms with Crippen LogP contribution in [-0.4, -0.2) is 10.7 Å². The quantitative estimate of drug-likeness (QED) is 0.608. The fraction of sp³-hybridized carbons (Fsp3) is 0.417. The van der Waals surface area contributed by atoms with Crippen LogP contribution in [0.25, 0.3) is 0 Å². The van der Waals surface area contributed by atoms with Crippen LogP contribution in [0, 0.1) is 0 Å². The highest BCUT2D eigenvalue weighted by atomic mass is 32.2. The van der Waals surface area contributed by atoms with Crippen LogP contribution in [0.3, 0.4) is 0 Å². The van der Waals surface area contributed by atoms with E-state index in [2.05, 4.69) is 31.2 Å². The summed E-state index contributed by atoms with van der Waals surface area (Å²) in [6.07, 6.45) is 2.96. The molecule has 0 radical (unpaired) electrons. The van der Waals surface area contributed by atoms with Crippen LogP contribution >= 0.6 is 24.0 Å². The summed E-state index contributed by atoms with van der Waals surface area (Å²) in [4.78, 5) is 1.96. The fourth-order valence-corrected chi connectivity index (χ4v) is 2.19. The standard InChI is InChI=1S/C12H17NS2/c1-2-15-11-8-6-10(7-9-11)4-3-5-12(13)14/h6-9H,2-5H2,1H3,(H2,13,14). The summed E-state index contributed by atoms with van der Waals surface area (Å²) in [5.74, 6) is 1.13. The Bertz CT molecular complexity index is 306. The monoisotopic (exact) mass is 239 g/mol. The predicted molar refractivity (Wildman–Crippen MR) is 72.6 cm³/mol. The SMILES string of the molecule is CCSc1ccc(CCCC(N)=S)cc1. The zero-order valence-electron chi connectivity index (χ0n) is 9.03. The van der Waals surface area contributed by atoms with Gasteiger partial charge in [-0.2, -0.15) is 0 Å². The summed E-state index contributed by atoms with van der Waals surface area (Å²) >= 11 is 6.71. The zero-order chi connectivity index (χ0) is 11.1. The van der Waals surface area contributed by atoms with Gasteiger partial charge in [0, 0.05) is 4.90 Å². The lowest BCUT2D eigenvalue weighted by Crippen LogP contribution is -2.07. The van der Waals surface area contributed by atoms with Gasteiger partial charge in [0.2, 0.25) is 0 Å². The molecule has 0 unspecified atom stereocenters. The molecular weight excluding hydrogens is 222 g/mol. The number of thioether (sulfide) groups is 1. The molecule has 1 nitrogen and oxygen atoms in total. The summed E-state index contributed by atoms with van der Waals surface area (Å²) in [5.41, 5.74) is 6.82. The number of rotatable bonds is 6. The maximum absolute atomic E-state index is 5.45. The summed E-state index contributed by atoms with van der Waals surface area (Å²) in [5, 5.41) is 0. The van der Waals surface area contributed by atoms with E-state index >= 15 is 0 Å².